The number of aromatic nitrogens is 4. The maximum absolute atomic E-state index is 11.0. The lowest BCUT2D eigenvalue weighted by Crippen LogP contribution is -2.29. The molecule has 1 fully saturated rings. The van der Waals surface area contributed by atoms with E-state index in [4.69, 9.17) is 11.5 Å². The first kappa shape index (κ1) is 20.1. The Kier molecular flexibility index (Phi) is 4.60. The molecule has 0 radical (unpaired) electrons. The second-order valence-corrected chi connectivity index (χ2v) is 9.10. The molecule has 6 rings (SSSR count). The van der Waals surface area contributed by atoms with E-state index in [1.165, 1.54) is 11.9 Å². The fourth-order valence-corrected chi connectivity index (χ4v) is 5.59. The first-order valence-corrected chi connectivity index (χ1v) is 11.3. The van der Waals surface area contributed by atoms with Crippen molar-refractivity contribution in [3.63, 3.8) is 0 Å². The molecule has 0 amide bonds. The van der Waals surface area contributed by atoms with Gasteiger partial charge in [0.05, 0.1) is 23.0 Å². The molecule has 3 aromatic heterocycles. The van der Waals surface area contributed by atoms with Gasteiger partial charge in [-0.05, 0) is 55.0 Å². The largest absolute Gasteiger partial charge is 0.390 e. The smallest absolute Gasteiger partial charge is 0.146 e. The van der Waals surface area contributed by atoms with Crippen molar-refractivity contribution in [2.75, 3.05) is 11.5 Å². The van der Waals surface area contributed by atoms with Gasteiger partial charge in [-0.2, -0.15) is 0 Å². The molecule has 2 aliphatic rings. The quantitative estimate of drug-likeness (QED) is 0.383. The predicted octanol–water partition coefficient (Wildman–Crippen LogP) is 2.63. The van der Waals surface area contributed by atoms with E-state index in [1.54, 1.807) is 6.07 Å². The highest BCUT2D eigenvalue weighted by molar-refractivity contribution is 5.91. The summed E-state index contributed by atoms with van der Waals surface area (Å²) in [5.41, 5.74) is 16.9. The zero-order valence-corrected chi connectivity index (χ0v) is 18.1. The SMILES string of the molecule is Nc1ccc2ccc(/C=C/[C@H]3C[C@@H](n4c5c(c6c(N)ncnc64)CCC5)[C@H](O)[C@@H]3O)cc2n1. The molecule has 8 nitrogen and oxygen atoms in total. The minimum Gasteiger partial charge on any atom is -0.390 e. The summed E-state index contributed by atoms with van der Waals surface area (Å²) in [4.78, 5) is 13.1. The third-order valence-electron chi connectivity index (χ3n) is 7.17. The molecular formula is C25H26N6O2. The van der Waals surface area contributed by atoms with Gasteiger partial charge in [0.2, 0.25) is 0 Å². The number of pyridine rings is 1. The molecule has 6 N–H and O–H groups in total. The third kappa shape index (κ3) is 3.17. The number of nitrogens with zero attached hydrogens (tertiary/aromatic N) is 4. The summed E-state index contributed by atoms with van der Waals surface area (Å²) < 4.78 is 2.11. The fourth-order valence-electron chi connectivity index (χ4n) is 5.59. The highest BCUT2D eigenvalue weighted by Gasteiger charge is 2.43. The van der Waals surface area contributed by atoms with Crippen molar-refractivity contribution in [1.29, 1.82) is 0 Å². The highest BCUT2D eigenvalue weighted by Crippen LogP contribution is 2.43. The Morgan fingerprint density at radius 1 is 1.03 bits per heavy atom. The van der Waals surface area contributed by atoms with Gasteiger partial charge < -0.3 is 26.2 Å². The second-order valence-electron chi connectivity index (χ2n) is 9.10. The van der Waals surface area contributed by atoms with Crippen LogP contribution in [0.5, 0.6) is 0 Å². The Balaban J connectivity index is 1.33. The number of benzene rings is 1. The molecule has 0 spiro atoms. The molecule has 4 aromatic rings. The maximum Gasteiger partial charge on any atom is 0.146 e. The molecule has 0 unspecified atom stereocenters. The molecule has 8 heteroatoms. The van der Waals surface area contributed by atoms with E-state index in [2.05, 4.69) is 19.5 Å². The van der Waals surface area contributed by atoms with Gasteiger partial charge in [0.25, 0.3) is 0 Å². The lowest BCUT2D eigenvalue weighted by molar-refractivity contribution is 0.0136. The van der Waals surface area contributed by atoms with E-state index in [0.717, 1.165) is 52.5 Å². The number of fused-ring (bicyclic) bond motifs is 4. The van der Waals surface area contributed by atoms with Crippen molar-refractivity contribution < 1.29 is 10.2 Å². The van der Waals surface area contributed by atoms with Crippen molar-refractivity contribution in [1.82, 2.24) is 19.5 Å². The van der Waals surface area contributed by atoms with Crippen LogP contribution in [0, 0.1) is 5.92 Å². The van der Waals surface area contributed by atoms with Crippen LogP contribution in [-0.4, -0.2) is 41.9 Å². The number of rotatable bonds is 3. The third-order valence-corrected chi connectivity index (χ3v) is 7.17. The molecule has 168 valence electrons. The Hall–Kier alpha value is -3.49. The van der Waals surface area contributed by atoms with Gasteiger partial charge in [-0.1, -0.05) is 24.3 Å². The molecule has 33 heavy (non-hydrogen) atoms. The summed E-state index contributed by atoms with van der Waals surface area (Å²) in [6.07, 6.45) is 7.18. The minimum atomic E-state index is -0.894. The molecule has 0 aliphatic heterocycles. The monoisotopic (exact) mass is 442 g/mol. The Bertz CT molecular complexity index is 1410. The zero-order chi connectivity index (χ0) is 22.7. The fraction of sp³-hybridized carbons (Fsp3) is 0.320. The molecular weight excluding hydrogens is 416 g/mol. The predicted molar refractivity (Wildman–Crippen MR) is 128 cm³/mol. The van der Waals surface area contributed by atoms with Crippen LogP contribution < -0.4 is 11.5 Å². The number of hydrogen-bond acceptors (Lipinski definition) is 7. The number of anilines is 2. The molecule has 1 saturated carbocycles. The van der Waals surface area contributed by atoms with E-state index in [-0.39, 0.29) is 12.0 Å². The van der Waals surface area contributed by atoms with Crippen LogP contribution in [-0.2, 0) is 12.8 Å². The van der Waals surface area contributed by atoms with Gasteiger partial charge in [0.15, 0.2) is 0 Å². The van der Waals surface area contributed by atoms with Gasteiger partial charge in [0, 0.05) is 17.0 Å². The summed E-state index contributed by atoms with van der Waals surface area (Å²) in [5.74, 6) is 0.770. The first-order chi connectivity index (χ1) is 16.0. The number of nitrogen functional groups attached to an aromatic ring is 2. The van der Waals surface area contributed by atoms with E-state index >= 15 is 0 Å². The van der Waals surface area contributed by atoms with E-state index in [0.29, 0.717) is 18.1 Å². The normalized spacial score (nSPS) is 24.9. The van der Waals surface area contributed by atoms with Gasteiger partial charge in [0.1, 0.15) is 29.7 Å². The standard InChI is InChI=1S/C25H26N6O2/c26-20-9-8-14-6-4-13(10-17(14)30-20)5-7-15-11-19(23(33)22(15)32)31-18-3-1-2-16(18)21-24(27)28-12-29-25(21)31/h4-10,12,15,19,22-23,32-33H,1-3,11H2,(H2,26,30)(H2,27,28,29)/b7-5+/t15-,19+,22+,23-/m0/s1. The maximum atomic E-state index is 11.0. The molecule has 3 heterocycles. The van der Waals surface area contributed by atoms with Crippen LogP contribution in [0.25, 0.3) is 28.0 Å². The summed E-state index contributed by atoms with van der Waals surface area (Å²) in [6, 6.07) is 9.45. The Labute approximate surface area is 190 Å². The van der Waals surface area contributed by atoms with E-state index < -0.39 is 12.2 Å². The number of aryl methyl sites for hydroxylation is 1. The van der Waals surface area contributed by atoms with Crippen molar-refractivity contribution in [2.24, 2.45) is 5.92 Å². The van der Waals surface area contributed by atoms with Crippen LogP contribution in [0.4, 0.5) is 11.6 Å². The van der Waals surface area contributed by atoms with Gasteiger partial charge in [-0.3, -0.25) is 0 Å². The summed E-state index contributed by atoms with van der Waals surface area (Å²) in [5, 5.41) is 23.8. The molecule has 4 atom stereocenters. The van der Waals surface area contributed by atoms with Crippen molar-refractivity contribution in [3.8, 4) is 0 Å². The van der Waals surface area contributed by atoms with Gasteiger partial charge >= 0.3 is 0 Å². The second kappa shape index (κ2) is 7.54. The van der Waals surface area contributed by atoms with Gasteiger partial charge in [-0.15, -0.1) is 0 Å². The van der Waals surface area contributed by atoms with Crippen LogP contribution in [0.15, 0.2) is 42.7 Å². The number of nitrogens with two attached hydrogens (primary N) is 2. The van der Waals surface area contributed by atoms with Crippen LogP contribution in [0.2, 0.25) is 0 Å². The molecule has 0 saturated heterocycles. The van der Waals surface area contributed by atoms with Crippen molar-refractivity contribution in [3.05, 3.63) is 59.6 Å². The number of aliphatic hydroxyl groups is 2. The molecule has 1 aromatic carbocycles. The van der Waals surface area contributed by atoms with E-state index in [9.17, 15) is 10.2 Å². The number of hydrogen-bond donors (Lipinski definition) is 4. The lowest BCUT2D eigenvalue weighted by atomic mass is 10.0. The van der Waals surface area contributed by atoms with Crippen molar-refractivity contribution in [2.45, 2.75) is 43.9 Å². The first-order valence-electron chi connectivity index (χ1n) is 11.3. The molecule has 0 bridgehead atoms. The van der Waals surface area contributed by atoms with Crippen LogP contribution >= 0.6 is 0 Å². The van der Waals surface area contributed by atoms with Gasteiger partial charge in [-0.25, -0.2) is 15.0 Å². The Morgan fingerprint density at radius 2 is 1.88 bits per heavy atom. The lowest BCUT2D eigenvalue weighted by Gasteiger charge is -2.21. The average Bonchev–Trinajstić information content (AvgIpc) is 3.46. The molecule has 2 aliphatic carbocycles. The van der Waals surface area contributed by atoms with Crippen LogP contribution in [0.3, 0.4) is 0 Å². The highest BCUT2D eigenvalue weighted by atomic mass is 16.3. The topological polar surface area (TPSA) is 136 Å². The summed E-state index contributed by atoms with van der Waals surface area (Å²) >= 11 is 0. The average molecular weight is 443 g/mol. The summed E-state index contributed by atoms with van der Waals surface area (Å²) in [7, 11) is 0. The Morgan fingerprint density at radius 3 is 2.76 bits per heavy atom. The minimum absolute atomic E-state index is 0.191. The van der Waals surface area contributed by atoms with Crippen LogP contribution in [0.1, 0.15) is 35.7 Å². The zero-order valence-electron chi connectivity index (χ0n) is 18.1. The summed E-state index contributed by atoms with van der Waals surface area (Å²) in [6.45, 7) is 0. The van der Waals surface area contributed by atoms with E-state index in [1.807, 2.05) is 36.4 Å². The number of aliphatic hydroxyl groups excluding tert-OH is 2. The van der Waals surface area contributed by atoms with Crippen molar-refractivity contribution >= 4 is 39.6 Å².